The monoisotopic (exact) mass is 330 g/mol. The second kappa shape index (κ2) is 6.06. The van der Waals surface area contributed by atoms with E-state index in [-0.39, 0.29) is 18.2 Å². The number of nitrogens with one attached hydrogen (secondary N) is 1. The summed E-state index contributed by atoms with van der Waals surface area (Å²) in [6, 6.07) is 0.398. The molecular weight excluding hydrogens is 304 g/mol. The highest BCUT2D eigenvalue weighted by Gasteiger charge is 2.41. The van der Waals surface area contributed by atoms with E-state index in [1.54, 1.807) is 27.9 Å². The van der Waals surface area contributed by atoms with E-state index >= 15 is 0 Å². The van der Waals surface area contributed by atoms with Crippen molar-refractivity contribution in [1.29, 1.82) is 0 Å². The maximum absolute atomic E-state index is 12.1. The highest BCUT2D eigenvalue weighted by molar-refractivity contribution is 7.92. The van der Waals surface area contributed by atoms with Gasteiger partial charge >= 0.3 is 0 Å². The molecule has 126 valence electrons. The minimum absolute atomic E-state index is 0.0704. The third-order valence-corrected chi connectivity index (χ3v) is 6.65. The summed E-state index contributed by atoms with van der Waals surface area (Å²) in [6.07, 6.45) is 2.19. The Morgan fingerprint density at radius 2 is 2.00 bits per heavy atom. The lowest BCUT2D eigenvalue weighted by Gasteiger charge is -2.39. The van der Waals surface area contributed by atoms with Gasteiger partial charge in [0.15, 0.2) is 15.8 Å². The molecule has 22 heavy (non-hydrogen) atoms. The zero-order valence-electron chi connectivity index (χ0n) is 13.8. The quantitative estimate of drug-likeness (QED) is 0.567. The molecule has 1 N–H and O–H groups in total. The molecule has 0 bridgehead atoms. The SMILES string of the molecule is CN(C)C(=O)CN=C(NC1CC1)N1CCS(=O)(=O)C(C)(C)C1. The molecule has 0 spiro atoms. The number of sulfone groups is 1. The van der Waals surface area contributed by atoms with Gasteiger partial charge in [0.1, 0.15) is 6.54 Å². The number of carbonyl (C=O) groups is 1. The molecule has 0 radical (unpaired) electrons. The molecule has 0 aromatic heterocycles. The largest absolute Gasteiger partial charge is 0.353 e. The normalized spacial score (nSPS) is 24.0. The fourth-order valence-corrected chi connectivity index (χ4v) is 3.62. The van der Waals surface area contributed by atoms with Crippen molar-refractivity contribution < 1.29 is 13.2 Å². The van der Waals surface area contributed by atoms with Crippen molar-refractivity contribution in [2.75, 3.05) is 39.5 Å². The van der Waals surface area contributed by atoms with Gasteiger partial charge in [0, 0.05) is 33.2 Å². The van der Waals surface area contributed by atoms with Crippen LogP contribution in [0.5, 0.6) is 0 Å². The van der Waals surface area contributed by atoms with E-state index < -0.39 is 14.6 Å². The van der Waals surface area contributed by atoms with Gasteiger partial charge in [-0.25, -0.2) is 13.4 Å². The van der Waals surface area contributed by atoms with E-state index in [1.165, 1.54) is 4.90 Å². The first kappa shape index (κ1) is 17.1. The van der Waals surface area contributed by atoms with Crippen LogP contribution in [0, 0.1) is 0 Å². The third kappa shape index (κ3) is 3.91. The molecule has 0 aromatic rings. The van der Waals surface area contributed by atoms with Crippen LogP contribution in [0.4, 0.5) is 0 Å². The molecule has 1 aliphatic heterocycles. The van der Waals surface area contributed by atoms with E-state index in [4.69, 9.17) is 0 Å². The van der Waals surface area contributed by atoms with Gasteiger partial charge < -0.3 is 15.1 Å². The van der Waals surface area contributed by atoms with Crippen LogP contribution in [0.25, 0.3) is 0 Å². The lowest BCUT2D eigenvalue weighted by molar-refractivity contribution is -0.127. The highest BCUT2D eigenvalue weighted by atomic mass is 32.2. The number of nitrogens with zero attached hydrogens (tertiary/aromatic N) is 3. The van der Waals surface area contributed by atoms with Gasteiger partial charge in [-0.1, -0.05) is 0 Å². The van der Waals surface area contributed by atoms with Crippen LogP contribution in [0.2, 0.25) is 0 Å². The predicted molar refractivity (Wildman–Crippen MR) is 86.6 cm³/mol. The summed E-state index contributed by atoms with van der Waals surface area (Å²) in [5, 5.41) is 3.33. The molecule has 2 rings (SSSR count). The predicted octanol–water partition coefficient (Wildman–Crippen LogP) is -0.308. The Morgan fingerprint density at radius 3 is 2.50 bits per heavy atom. The van der Waals surface area contributed by atoms with Gasteiger partial charge in [-0.2, -0.15) is 0 Å². The van der Waals surface area contributed by atoms with Crippen LogP contribution in [0.1, 0.15) is 26.7 Å². The first-order valence-electron chi connectivity index (χ1n) is 7.61. The van der Waals surface area contributed by atoms with Gasteiger partial charge in [0.05, 0.1) is 10.5 Å². The van der Waals surface area contributed by atoms with Gasteiger partial charge in [-0.3, -0.25) is 4.79 Å². The van der Waals surface area contributed by atoms with E-state index in [9.17, 15) is 13.2 Å². The van der Waals surface area contributed by atoms with Crippen molar-refractivity contribution in [2.45, 2.75) is 37.5 Å². The molecule has 0 unspecified atom stereocenters. The Hall–Kier alpha value is -1.31. The smallest absolute Gasteiger partial charge is 0.243 e. The maximum atomic E-state index is 12.1. The zero-order valence-corrected chi connectivity index (χ0v) is 14.6. The van der Waals surface area contributed by atoms with E-state index in [0.29, 0.717) is 25.1 Å². The minimum atomic E-state index is -3.08. The average molecular weight is 330 g/mol. The molecular formula is C14H26N4O3S. The number of rotatable bonds is 3. The van der Waals surface area contributed by atoms with Crippen LogP contribution in [0.3, 0.4) is 0 Å². The molecule has 1 saturated heterocycles. The van der Waals surface area contributed by atoms with Crippen molar-refractivity contribution in [3.8, 4) is 0 Å². The summed E-state index contributed by atoms with van der Waals surface area (Å²) >= 11 is 0. The Bertz CT molecular complexity index is 565. The van der Waals surface area contributed by atoms with Crippen LogP contribution < -0.4 is 5.32 Å². The Kier molecular flexibility index (Phi) is 4.70. The van der Waals surface area contributed by atoms with Crippen molar-refractivity contribution in [2.24, 2.45) is 4.99 Å². The third-order valence-electron chi connectivity index (χ3n) is 4.12. The Labute approximate surface area is 132 Å². The molecule has 8 heteroatoms. The summed E-state index contributed by atoms with van der Waals surface area (Å²) in [7, 11) is 0.309. The standard InChI is InChI=1S/C14H26N4O3S/c1-14(2)10-18(7-8-22(14,20)21)13(16-11-5-6-11)15-9-12(19)17(3)4/h11H,5-10H2,1-4H3,(H,15,16). The number of carbonyl (C=O) groups excluding carboxylic acids is 1. The lowest BCUT2D eigenvalue weighted by atomic mass is 10.2. The van der Waals surface area contributed by atoms with Crippen LogP contribution in [-0.4, -0.2) is 80.4 Å². The fourth-order valence-electron chi connectivity index (χ4n) is 2.26. The number of amides is 1. The fraction of sp³-hybridized carbons (Fsp3) is 0.857. The van der Waals surface area contributed by atoms with Crippen LogP contribution in [0.15, 0.2) is 4.99 Å². The van der Waals surface area contributed by atoms with Gasteiger partial charge in [0.25, 0.3) is 0 Å². The number of hydrogen-bond acceptors (Lipinski definition) is 4. The summed E-state index contributed by atoms with van der Waals surface area (Å²) < 4.78 is 23.4. The summed E-state index contributed by atoms with van der Waals surface area (Å²) in [5.41, 5.74) is 0. The number of hydrogen-bond donors (Lipinski definition) is 1. The lowest BCUT2D eigenvalue weighted by Crippen LogP contribution is -2.57. The Morgan fingerprint density at radius 1 is 1.36 bits per heavy atom. The van der Waals surface area contributed by atoms with Crippen LogP contribution >= 0.6 is 0 Å². The molecule has 0 aromatic carbocycles. The number of aliphatic imine (C=N–C) groups is 1. The van der Waals surface area contributed by atoms with Crippen LogP contribution in [-0.2, 0) is 14.6 Å². The molecule has 2 fully saturated rings. The Balaban J connectivity index is 2.12. The van der Waals surface area contributed by atoms with Crippen molar-refractivity contribution >= 4 is 21.7 Å². The van der Waals surface area contributed by atoms with Crippen molar-refractivity contribution in [3.63, 3.8) is 0 Å². The molecule has 1 amide bonds. The maximum Gasteiger partial charge on any atom is 0.243 e. The first-order chi connectivity index (χ1) is 10.1. The summed E-state index contributed by atoms with van der Waals surface area (Å²) in [5.74, 6) is 0.701. The van der Waals surface area contributed by atoms with Gasteiger partial charge in [-0.05, 0) is 26.7 Å². The highest BCUT2D eigenvalue weighted by Crippen LogP contribution is 2.25. The molecule has 1 saturated carbocycles. The van der Waals surface area contributed by atoms with E-state index in [1.807, 2.05) is 4.90 Å². The van der Waals surface area contributed by atoms with E-state index in [2.05, 4.69) is 10.3 Å². The van der Waals surface area contributed by atoms with Crippen molar-refractivity contribution in [3.05, 3.63) is 0 Å². The molecule has 1 aliphatic carbocycles. The molecule has 2 aliphatic rings. The minimum Gasteiger partial charge on any atom is -0.353 e. The first-order valence-corrected chi connectivity index (χ1v) is 9.26. The molecule has 1 heterocycles. The number of guanidine groups is 1. The topological polar surface area (TPSA) is 82.1 Å². The summed E-state index contributed by atoms with van der Waals surface area (Å²) in [4.78, 5) is 19.6. The zero-order chi connectivity index (χ0) is 16.5. The summed E-state index contributed by atoms with van der Waals surface area (Å²) in [6.45, 7) is 4.37. The second-order valence-corrected chi connectivity index (χ2v) is 9.59. The second-order valence-electron chi connectivity index (χ2n) is 6.85. The van der Waals surface area contributed by atoms with Crippen molar-refractivity contribution in [1.82, 2.24) is 15.1 Å². The average Bonchev–Trinajstić information content (AvgIpc) is 3.21. The van der Waals surface area contributed by atoms with Gasteiger partial charge in [0.2, 0.25) is 5.91 Å². The molecule has 0 atom stereocenters. The van der Waals surface area contributed by atoms with Gasteiger partial charge in [-0.15, -0.1) is 0 Å². The molecule has 7 nitrogen and oxygen atoms in total. The van der Waals surface area contributed by atoms with E-state index in [0.717, 1.165) is 12.8 Å². The number of likely N-dealkylation sites (N-methyl/N-ethyl adjacent to an activating group) is 1.